The first-order valence-corrected chi connectivity index (χ1v) is 6.97. The van der Waals surface area contributed by atoms with Crippen LogP contribution in [-0.4, -0.2) is 33.1 Å². The van der Waals surface area contributed by atoms with Gasteiger partial charge >= 0.3 is 0 Å². The van der Waals surface area contributed by atoms with Crippen molar-refractivity contribution in [2.45, 2.75) is 64.3 Å². The Morgan fingerprint density at radius 2 is 1.89 bits per heavy atom. The molecule has 2 saturated carbocycles. The second kappa shape index (κ2) is 4.32. The van der Waals surface area contributed by atoms with E-state index in [0.29, 0.717) is 24.8 Å². The summed E-state index contributed by atoms with van der Waals surface area (Å²) in [5.74, 6) is -0.0543. The highest BCUT2D eigenvalue weighted by Crippen LogP contribution is 2.58. The molecule has 0 aromatic heterocycles. The van der Waals surface area contributed by atoms with Crippen molar-refractivity contribution in [1.29, 1.82) is 0 Å². The fourth-order valence-corrected chi connectivity index (χ4v) is 4.18. The van der Waals surface area contributed by atoms with E-state index in [-0.39, 0.29) is 17.3 Å². The van der Waals surface area contributed by atoms with E-state index in [2.05, 4.69) is 13.5 Å². The van der Waals surface area contributed by atoms with Crippen LogP contribution in [0.25, 0.3) is 0 Å². The molecular formula is C15H26O3. The van der Waals surface area contributed by atoms with Crippen LogP contribution < -0.4 is 0 Å². The van der Waals surface area contributed by atoms with E-state index < -0.39 is 17.8 Å². The minimum atomic E-state index is -0.821. The Labute approximate surface area is 110 Å². The molecule has 5 atom stereocenters. The number of aliphatic hydroxyl groups is 3. The van der Waals surface area contributed by atoms with Crippen LogP contribution >= 0.6 is 0 Å². The highest BCUT2D eigenvalue weighted by Gasteiger charge is 2.59. The average molecular weight is 254 g/mol. The van der Waals surface area contributed by atoms with Gasteiger partial charge in [0.15, 0.2) is 0 Å². The summed E-state index contributed by atoms with van der Waals surface area (Å²) in [6.45, 7) is 9.97. The van der Waals surface area contributed by atoms with Gasteiger partial charge in [0.05, 0.1) is 17.8 Å². The fourth-order valence-electron chi connectivity index (χ4n) is 4.18. The van der Waals surface area contributed by atoms with Crippen LogP contribution in [-0.2, 0) is 0 Å². The molecule has 0 saturated heterocycles. The van der Waals surface area contributed by atoms with Gasteiger partial charge < -0.3 is 15.3 Å². The molecule has 0 amide bonds. The van der Waals surface area contributed by atoms with Crippen molar-refractivity contribution in [2.75, 3.05) is 0 Å². The summed E-state index contributed by atoms with van der Waals surface area (Å²) in [5.41, 5.74) is -0.320. The van der Waals surface area contributed by atoms with Crippen LogP contribution in [0.4, 0.5) is 0 Å². The average Bonchev–Trinajstić information content (AvgIpc) is 2.47. The van der Waals surface area contributed by atoms with Gasteiger partial charge in [-0.2, -0.15) is 0 Å². The Hall–Kier alpha value is -0.380. The standard InChI is InChI=1S/C15H26O3/c1-9(2)15(18)6-5-14(4)8-12(17)10(3)7-11(16)13(14)15/h9,11-13,16-18H,3,5-8H2,1-2,4H3/t11-,12-,13+,14+,15-/m0/s1. The molecule has 0 aromatic carbocycles. The van der Waals surface area contributed by atoms with Crippen LogP contribution in [0.2, 0.25) is 0 Å². The van der Waals surface area contributed by atoms with E-state index in [1.807, 2.05) is 13.8 Å². The molecule has 3 heteroatoms. The lowest BCUT2D eigenvalue weighted by molar-refractivity contribution is -0.109. The summed E-state index contributed by atoms with van der Waals surface area (Å²) >= 11 is 0. The Morgan fingerprint density at radius 1 is 1.28 bits per heavy atom. The van der Waals surface area contributed by atoms with Crippen molar-refractivity contribution in [3.05, 3.63) is 12.2 Å². The second-order valence-corrected chi connectivity index (χ2v) is 6.93. The summed E-state index contributed by atoms with van der Waals surface area (Å²) in [5, 5.41) is 31.5. The highest BCUT2D eigenvalue weighted by molar-refractivity contribution is 5.16. The van der Waals surface area contributed by atoms with Gasteiger partial charge in [-0.1, -0.05) is 27.4 Å². The molecule has 0 bridgehead atoms. The van der Waals surface area contributed by atoms with Gasteiger partial charge in [-0.15, -0.1) is 0 Å². The van der Waals surface area contributed by atoms with Crippen LogP contribution in [0.3, 0.4) is 0 Å². The minimum absolute atomic E-state index is 0.113. The molecule has 3 nitrogen and oxygen atoms in total. The number of hydrogen-bond donors (Lipinski definition) is 3. The molecule has 2 aliphatic carbocycles. The van der Waals surface area contributed by atoms with E-state index in [9.17, 15) is 15.3 Å². The summed E-state index contributed by atoms with van der Waals surface area (Å²) in [6.07, 6.45) is 1.41. The summed E-state index contributed by atoms with van der Waals surface area (Å²) < 4.78 is 0. The highest BCUT2D eigenvalue weighted by atomic mass is 16.3. The van der Waals surface area contributed by atoms with Crippen molar-refractivity contribution >= 4 is 0 Å². The van der Waals surface area contributed by atoms with Crippen LogP contribution in [0.1, 0.15) is 46.5 Å². The van der Waals surface area contributed by atoms with Gasteiger partial charge in [-0.3, -0.25) is 0 Å². The molecule has 0 aliphatic heterocycles. The maximum absolute atomic E-state index is 10.9. The van der Waals surface area contributed by atoms with Crippen molar-refractivity contribution in [2.24, 2.45) is 17.3 Å². The molecule has 2 rings (SSSR count). The van der Waals surface area contributed by atoms with Gasteiger partial charge in [-0.05, 0) is 42.6 Å². The van der Waals surface area contributed by atoms with Crippen LogP contribution in [0.5, 0.6) is 0 Å². The van der Waals surface area contributed by atoms with Crippen molar-refractivity contribution in [1.82, 2.24) is 0 Å². The molecule has 0 spiro atoms. The molecule has 0 radical (unpaired) electrons. The Bertz CT molecular complexity index is 352. The molecule has 0 heterocycles. The smallest absolute Gasteiger partial charge is 0.0753 e. The minimum Gasteiger partial charge on any atom is -0.392 e. The molecule has 104 valence electrons. The normalized spacial score (nSPS) is 49.3. The van der Waals surface area contributed by atoms with Gasteiger partial charge in [0, 0.05) is 5.92 Å². The third-order valence-electron chi connectivity index (χ3n) is 5.37. The topological polar surface area (TPSA) is 60.7 Å². The largest absolute Gasteiger partial charge is 0.392 e. The molecule has 2 fully saturated rings. The van der Waals surface area contributed by atoms with Gasteiger partial charge in [0.1, 0.15) is 0 Å². The Kier molecular flexibility index (Phi) is 3.37. The predicted octanol–water partition coefficient (Wildman–Crippen LogP) is 1.86. The van der Waals surface area contributed by atoms with Gasteiger partial charge in [0.2, 0.25) is 0 Å². The molecule has 2 aliphatic rings. The third-order valence-corrected chi connectivity index (χ3v) is 5.37. The maximum atomic E-state index is 10.9. The first kappa shape index (κ1) is 14.0. The number of hydrogen-bond acceptors (Lipinski definition) is 3. The zero-order chi connectivity index (χ0) is 13.7. The first-order chi connectivity index (χ1) is 8.20. The van der Waals surface area contributed by atoms with E-state index in [1.54, 1.807) is 0 Å². The molecule has 0 aromatic rings. The number of aliphatic hydroxyl groups excluding tert-OH is 2. The monoisotopic (exact) mass is 254 g/mol. The Morgan fingerprint density at radius 3 is 2.44 bits per heavy atom. The van der Waals surface area contributed by atoms with E-state index in [0.717, 1.165) is 6.42 Å². The van der Waals surface area contributed by atoms with Gasteiger partial charge in [-0.25, -0.2) is 0 Å². The fraction of sp³-hybridized carbons (Fsp3) is 0.867. The second-order valence-electron chi connectivity index (χ2n) is 6.93. The summed E-state index contributed by atoms with van der Waals surface area (Å²) in [4.78, 5) is 0. The molecular weight excluding hydrogens is 228 g/mol. The summed E-state index contributed by atoms with van der Waals surface area (Å²) in [7, 11) is 0. The van der Waals surface area contributed by atoms with E-state index >= 15 is 0 Å². The van der Waals surface area contributed by atoms with Crippen LogP contribution in [0.15, 0.2) is 12.2 Å². The van der Waals surface area contributed by atoms with Gasteiger partial charge in [0.25, 0.3) is 0 Å². The molecule has 3 N–H and O–H groups in total. The van der Waals surface area contributed by atoms with Crippen molar-refractivity contribution in [3.63, 3.8) is 0 Å². The van der Waals surface area contributed by atoms with Crippen molar-refractivity contribution < 1.29 is 15.3 Å². The van der Waals surface area contributed by atoms with Crippen LogP contribution in [0, 0.1) is 17.3 Å². The maximum Gasteiger partial charge on any atom is 0.0753 e. The molecule has 18 heavy (non-hydrogen) atoms. The van der Waals surface area contributed by atoms with E-state index in [1.165, 1.54) is 0 Å². The van der Waals surface area contributed by atoms with Crippen molar-refractivity contribution in [3.8, 4) is 0 Å². The SMILES string of the molecule is C=C1C[C@H](O)[C@@H]2[C@](C)(CC[C@]2(O)C(C)C)C[C@@H]1O. The number of rotatable bonds is 1. The van der Waals surface area contributed by atoms with E-state index in [4.69, 9.17) is 0 Å². The lowest BCUT2D eigenvalue weighted by Crippen LogP contribution is -2.49. The number of fused-ring (bicyclic) bond motifs is 1. The lowest BCUT2D eigenvalue weighted by Gasteiger charge is -2.42. The summed E-state index contributed by atoms with van der Waals surface area (Å²) in [6, 6.07) is 0. The first-order valence-electron chi connectivity index (χ1n) is 6.97. The zero-order valence-corrected chi connectivity index (χ0v) is 11.7. The predicted molar refractivity (Wildman–Crippen MR) is 71.0 cm³/mol. The third kappa shape index (κ3) is 1.93. The Balaban J connectivity index is 2.40. The lowest BCUT2D eigenvalue weighted by atomic mass is 9.68. The zero-order valence-electron chi connectivity index (χ0n) is 11.7. The molecule has 0 unspecified atom stereocenters. The quantitative estimate of drug-likeness (QED) is 0.626.